The standard InChI is InChI=1S/C21H20Cl2N2O2/c1-27-15-5-2-13(3-6-15)21-20-16(9-11-25(21)19(26)8-10-22)17-12-14(23)4-7-18(17)24-20/h2-7,12,21,24H,8-11H2,1H3. The number of methoxy groups -OCH3 is 1. The van der Waals surface area contributed by atoms with Gasteiger partial charge in [-0.1, -0.05) is 23.7 Å². The highest BCUT2D eigenvalue weighted by molar-refractivity contribution is 6.31. The molecule has 0 spiro atoms. The Labute approximate surface area is 168 Å². The van der Waals surface area contributed by atoms with Gasteiger partial charge in [-0.15, -0.1) is 11.6 Å². The molecular weight excluding hydrogens is 383 g/mol. The van der Waals surface area contributed by atoms with Crippen molar-refractivity contribution in [3.05, 3.63) is 64.3 Å². The van der Waals surface area contributed by atoms with Gasteiger partial charge in [0.2, 0.25) is 5.91 Å². The molecule has 4 nitrogen and oxygen atoms in total. The molecule has 2 aromatic carbocycles. The number of nitrogens with one attached hydrogen (secondary N) is 1. The number of benzene rings is 2. The molecule has 0 saturated carbocycles. The minimum Gasteiger partial charge on any atom is -0.497 e. The van der Waals surface area contributed by atoms with Gasteiger partial charge in [0.25, 0.3) is 0 Å². The van der Waals surface area contributed by atoms with Crippen LogP contribution in [0.5, 0.6) is 5.75 Å². The summed E-state index contributed by atoms with van der Waals surface area (Å²) in [4.78, 5) is 18.2. The fourth-order valence-corrected chi connectivity index (χ4v) is 4.22. The van der Waals surface area contributed by atoms with E-state index in [0.717, 1.165) is 34.3 Å². The van der Waals surface area contributed by atoms with E-state index < -0.39 is 0 Å². The molecule has 1 aliphatic rings. The number of hydrogen-bond acceptors (Lipinski definition) is 2. The Balaban J connectivity index is 1.86. The third-order valence-corrected chi connectivity index (χ3v) is 5.57. The first-order valence-electron chi connectivity index (χ1n) is 8.91. The first-order chi connectivity index (χ1) is 13.1. The first kappa shape index (κ1) is 18.2. The summed E-state index contributed by atoms with van der Waals surface area (Å²) < 4.78 is 5.28. The summed E-state index contributed by atoms with van der Waals surface area (Å²) in [5, 5.41) is 1.84. The number of amides is 1. The van der Waals surface area contributed by atoms with Crippen molar-refractivity contribution < 1.29 is 9.53 Å². The number of nitrogens with zero attached hydrogens (tertiary/aromatic N) is 1. The van der Waals surface area contributed by atoms with Gasteiger partial charge >= 0.3 is 0 Å². The average molecular weight is 403 g/mol. The van der Waals surface area contributed by atoms with Crippen molar-refractivity contribution in [3.8, 4) is 5.75 Å². The number of rotatable bonds is 4. The second-order valence-electron chi connectivity index (χ2n) is 6.66. The molecule has 1 atom stereocenters. The summed E-state index contributed by atoms with van der Waals surface area (Å²) in [6.45, 7) is 0.652. The Kier molecular flexibility index (Phi) is 5.02. The van der Waals surface area contributed by atoms with Gasteiger partial charge in [-0.25, -0.2) is 0 Å². The summed E-state index contributed by atoms with van der Waals surface area (Å²) in [5.41, 5.74) is 4.35. The molecule has 0 radical (unpaired) electrons. The van der Waals surface area contributed by atoms with Gasteiger partial charge in [0, 0.05) is 40.5 Å². The van der Waals surface area contributed by atoms with E-state index in [1.165, 1.54) is 5.56 Å². The lowest BCUT2D eigenvalue weighted by molar-refractivity contribution is -0.132. The average Bonchev–Trinajstić information content (AvgIpc) is 3.05. The number of aromatic amines is 1. The maximum absolute atomic E-state index is 12.8. The summed E-state index contributed by atoms with van der Waals surface area (Å²) in [5.74, 6) is 1.17. The Bertz CT molecular complexity index is 982. The number of carbonyl (C=O) groups excluding carboxylic acids is 1. The highest BCUT2D eigenvalue weighted by Gasteiger charge is 2.34. The van der Waals surface area contributed by atoms with E-state index in [1.807, 2.05) is 47.4 Å². The molecule has 1 aliphatic heterocycles. The van der Waals surface area contributed by atoms with Gasteiger partial charge < -0.3 is 14.6 Å². The largest absolute Gasteiger partial charge is 0.497 e. The number of fused-ring (bicyclic) bond motifs is 3. The molecule has 1 aromatic heterocycles. The fourth-order valence-electron chi connectivity index (χ4n) is 3.89. The molecule has 0 fully saturated rings. The van der Waals surface area contributed by atoms with E-state index in [-0.39, 0.29) is 11.9 Å². The zero-order valence-electron chi connectivity index (χ0n) is 15.0. The van der Waals surface area contributed by atoms with Crippen LogP contribution in [0.3, 0.4) is 0 Å². The van der Waals surface area contributed by atoms with Gasteiger partial charge in [-0.05, 0) is 47.9 Å². The van der Waals surface area contributed by atoms with Crippen LogP contribution in [-0.4, -0.2) is 35.3 Å². The number of halogens is 2. The van der Waals surface area contributed by atoms with E-state index in [1.54, 1.807) is 7.11 Å². The van der Waals surface area contributed by atoms with Gasteiger partial charge in [0.05, 0.1) is 13.2 Å². The molecule has 0 aliphatic carbocycles. The van der Waals surface area contributed by atoms with Crippen molar-refractivity contribution >= 4 is 40.0 Å². The number of carbonyl (C=O) groups is 1. The molecule has 6 heteroatoms. The van der Waals surface area contributed by atoms with Crippen molar-refractivity contribution in [1.29, 1.82) is 0 Å². The van der Waals surface area contributed by atoms with Crippen LogP contribution < -0.4 is 4.74 Å². The lowest BCUT2D eigenvalue weighted by atomic mass is 9.92. The van der Waals surface area contributed by atoms with E-state index in [0.29, 0.717) is 23.9 Å². The van der Waals surface area contributed by atoms with E-state index in [4.69, 9.17) is 27.9 Å². The highest BCUT2D eigenvalue weighted by atomic mass is 35.5. The molecule has 140 valence electrons. The normalized spacial score (nSPS) is 16.4. The number of hydrogen-bond donors (Lipinski definition) is 1. The lowest BCUT2D eigenvalue weighted by Gasteiger charge is -2.36. The molecule has 1 amide bonds. The van der Waals surface area contributed by atoms with Crippen LogP contribution in [0.15, 0.2) is 42.5 Å². The number of alkyl halides is 1. The van der Waals surface area contributed by atoms with E-state index in [9.17, 15) is 4.79 Å². The quantitative estimate of drug-likeness (QED) is 0.628. The molecule has 27 heavy (non-hydrogen) atoms. The van der Waals surface area contributed by atoms with Crippen LogP contribution >= 0.6 is 23.2 Å². The number of aromatic nitrogens is 1. The van der Waals surface area contributed by atoms with Crippen LogP contribution in [0.4, 0.5) is 0 Å². The topological polar surface area (TPSA) is 45.3 Å². The minimum atomic E-state index is -0.179. The van der Waals surface area contributed by atoms with Crippen molar-refractivity contribution in [2.24, 2.45) is 0 Å². The maximum atomic E-state index is 12.8. The molecule has 1 N–H and O–H groups in total. The van der Waals surface area contributed by atoms with Gasteiger partial charge in [0.1, 0.15) is 5.75 Å². The molecular formula is C21H20Cl2N2O2. The van der Waals surface area contributed by atoms with Gasteiger partial charge in [-0.3, -0.25) is 4.79 Å². The van der Waals surface area contributed by atoms with Crippen LogP contribution in [-0.2, 0) is 11.2 Å². The molecule has 1 unspecified atom stereocenters. The smallest absolute Gasteiger partial charge is 0.224 e. The number of ether oxygens (including phenoxy) is 1. The Morgan fingerprint density at radius 2 is 2.04 bits per heavy atom. The molecule has 0 bridgehead atoms. The predicted molar refractivity (Wildman–Crippen MR) is 109 cm³/mol. The first-order valence-corrected chi connectivity index (χ1v) is 9.83. The third kappa shape index (κ3) is 3.28. The van der Waals surface area contributed by atoms with Crippen LogP contribution in [0.2, 0.25) is 5.02 Å². The van der Waals surface area contributed by atoms with Crippen molar-refractivity contribution in [2.45, 2.75) is 18.9 Å². The SMILES string of the molecule is COc1ccc(C2c3[nH]c4ccc(Cl)cc4c3CCN2C(=O)CCCl)cc1. The highest BCUT2D eigenvalue weighted by Crippen LogP contribution is 2.39. The Hall–Kier alpha value is -2.17. The number of H-pyrrole nitrogens is 1. The summed E-state index contributed by atoms with van der Waals surface area (Å²) in [6.07, 6.45) is 1.12. The molecule has 4 rings (SSSR count). The van der Waals surface area contributed by atoms with E-state index in [2.05, 4.69) is 4.98 Å². The molecule has 2 heterocycles. The summed E-state index contributed by atoms with van der Waals surface area (Å²) in [7, 11) is 1.64. The lowest BCUT2D eigenvalue weighted by Crippen LogP contribution is -2.40. The summed E-state index contributed by atoms with van der Waals surface area (Å²) in [6, 6.07) is 13.6. The Morgan fingerprint density at radius 1 is 1.26 bits per heavy atom. The van der Waals surface area contributed by atoms with Crippen LogP contribution in [0, 0.1) is 0 Å². The summed E-state index contributed by atoms with van der Waals surface area (Å²) >= 11 is 12.1. The van der Waals surface area contributed by atoms with Gasteiger partial charge in [-0.2, -0.15) is 0 Å². The van der Waals surface area contributed by atoms with Crippen molar-refractivity contribution in [1.82, 2.24) is 9.88 Å². The maximum Gasteiger partial charge on any atom is 0.224 e. The van der Waals surface area contributed by atoms with Crippen LogP contribution in [0.25, 0.3) is 10.9 Å². The predicted octanol–water partition coefficient (Wildman–Crippen LogP) is 4.93. The van der Waals surface area contributed by atoms with Gasteiger partial charge in [0.15, 0.2) is 0 Å². The second-order valence-corrected chi connectivity index (χ2v) is 7.47. The Morgan fingerprint density at radius 3 is 2.74 bits per heavy atom. The zero-order chi connectivity index (χ0) is 19.0. The molecule has 3 aromatic rings. The monoisotopic (exact) mass is 402 g/mol. The minimum absolute atomic E-state index is 0.0631. The van der Waals surface area contributed by atoms with Crippen molar-refractivity contribution in [3.63, 3.8) is 0 Å². The second kappa shape index (κ2) is 7.45. The fraction of sp³-hybridized carbons (Fsp3) is 0.286. The van der Waals surface area contributed by atoms with E-state index >= 15 is 0 Å². The zero-order valence-corrected chi connectivity index (χ0v) is 16.5. The molecule has 0 saturated heterocycles. The van der Waals surface area contributed by atoms with Crippen molar-refractivity contribution in [2.75, 3.05) is 19.5 Å². The third-order valence-electron chi connectivity index (χ3n) is 5.15. The van der Waals surface area contributed by atoms with Crippen LogP contribution in [0.1, 0.15) is 29.3 Å².